The molecule has 26 nitrogen and oxygen atoms in total. The van der Waals surface area contributed by atoms with Gasteiger partial charge in [0.05, 0.1) is 26.1 Å². The number of thiol groups is 1. The van der Waals surface area contributed by atoms with Crippen molar-refractivity contribution in [3.05, 3.63) is 65.7 Å². The zero-order valence-corrected chi connectivity index (χ0v) is 40.1. The van der Waals surface area contributed by atoms with Gasteiger partial charge in [-0.25, -0.2) is 4.79 Å². The number of hydrogen-bond acceptors (Lipinski definition) is 15. The maximum Gasteiger partial charge on any atom is 0.326 e. The Hall–Kier alpha value is -7.52. The molecule has 390 valence electrons. The Balaban J connectivity index is 2.28. The number of hydrogen-bond donors (Lipinski definition) is 17. The first-order valence-corrected chi connectivity index (χ1v) is 22.9. The van der Waals surface area contributed by atoms with Crippen LogP contribution in [0.15, 0.2) is 54.6 Å². The first-order valence-electron chi connectivity index (χ1n) is 22.3. The molecule has 0 spiro atoms. The fourth-order valence-corrected chi connectivity index (χ4v) is 6.83. The standard InChI is InChI=1S/C44H65N13O13S/c1-23(2)15-28(51-35(61)19-45)37(63)50-20-36(62)52-33(22-71)42(68)55-30(18-34(46)60)40(66)57-32(21-58)41(67)54-29(16-24-7-4-3-5-8-24)39(65)53-27(9-6-14-49-44(47)48)38(64)56-31(43(69)70)17-25-10-12-26(59)13-11-25/h3-5,7-8,10-13,23,27-33,58-59,71H,6,9,14-22,45H2,1-2H3,(H2,46,60)(H,50,63)(H,51,61)(H,52,62)(H,53,65)(H,54,67)(H,55,68)(H,56,64)(H,57,66)(H,69,70)(H4,47,48,49)/t27-,28-,29-,30-,31-,32-,33-/m0/s1. The van der Waals surface area contributed by atoms with E-state index in [0.29, 0.717) is 11.1 Å². The van der Waals surface area contributed by atoms with Crippen LogP contribution in [0, 0.1) is 11.3 Å². The summed E-state index contributed by atoms with van der Waals surface area (Å²) >= 11 is 4.08. The molecule has 0 aliphatic carbocycles. The number of aliphatic carboxylic acids is 1. The smallest absolute Gasteiger partial charge is 0.326 e. The lowest BCUT2D eigenvalue weighted by molar-refractivity contribution is -0.142. The van der Waals surface area contributed by atoms with Crippen molar-refractivity contribution in [3.63, 3.8) is 0 Å². The Morgan fingerprint density at radius 1 is 0.620 bits per heavy atom. The van der Waals surface area contributed by atoms with Gasteiger partial charge < -0.3 is 80.4 Å². The van der Waals surface area contributed by atoms with Crippen LogP contribution in [-0.4, -0.2) is 155 Å². The van der Waals surface area contributed by atoms with E-state index in [9.17, 15) is 63.3 Å². The molecule has 0 aromatic heterocycles. The van der Waals surface area contributed by atoms with Crippen molar-refractivity contribution in [2.24, 2.45) is 23.1 Å². The van der Waals surface area contributed by atoms with E-state index in [4.69, 9.17) is 22.6 Å². The number of nitrogens with two attached hydrogens (primary N) is 3. The minimum absolute atomic E-state index is 0.0298. The maximum absolute atomic E-state index is 14.1. The van der Waals surface area contributed by atoms with Crippen molar-refractivity contribution in [1.82, 2.24) is 47.9 Å². The summed E-state index contributed by atoms with van der Waals surface area (Å²) in [5.41, 5.74) is 17.0. The minimum Gasteiger partial charge on any atom is -0.508 e. The van der Waals surface area contributed by atoms with Crippen LogP contribution in [-0.2, 0) is 60.8 Å². The molecule has 9 amide bonds. The lowest BCUT2D eigenvalue weighted by Gasteiger charge is -2.27. The summed E-state index contributed by atoms with van der Waals surface area (Å²) in [4.78, 5) is 130. The van der Waals surface area contributed by atoms with E-state index in [-0.39, 0.29) is 68.6 Å². The average Bonchev–Trinajstić information content (AvgIpc) is 3.31. The lowest BCUT2D eigenvalue weighted by atomic mass is 10.0. The average molecular weight is 1020 g/mol. The summed E-state index contributed by atoms with van der Waals surface area (Å²) in [6.45, 7) is 1.57. The van der Waals surface area contributed by atoms with E-state index in [1.807, 2.05) is 0 Å². The van der Waals surface area contributed by atoms with Gasteiger partial charge in [-0.1, -0.05) is 56.3 Å². The molecule has 0 heterocycles. The Morgan fingerprint density at radius 2 is 1.13 bits per heavy atom. The molecule has 0 radical (unpaired) electrons. The van der Waals surface area contributed by atoms with Crippen LogP contribution in [0.25, 0.3) is 0 Å². The number of carbonyl (C=O) groups is 10. The largest absolute Gasteiger partial charge is 0.508 e. The second-order valence-corrected chi connectivity index (χ2v) is 16.9. The number of nitrogens with one attached hydrogen (secondary N) is 10. The third-order valence-corrected chi connectivity index (χ3v) is 10.5. The molecule has 71 heavy (non-hydrogen) atoms. The summed E-state index contributed by atoms with van der Waals surface area (Å²) in [5.74, 6) is -10.8. The molecule has 19 N–H and O–H groups in total. The number of phenols is 1. The van der Waals surface area contributed by atoms with Gasteiger partial charge in [-0.2, -0.15) is 12.6 Å². The summed E-state index contributed by atoms with van der Waals surface area (Å²) in [6.07, 6.45) is -1.03. The van der Waals surface area contributed by atoms with Crippen molar-refractivity contribution in [1.29, 1.82) is 5.41 Å². The van der Waals surface area contributed by atoms with Gasteiger partial charge in [-0.05, 0) is 48.4 Å². The monoisotopic (exact) mass is 1020 g/mol. The molecule has 0 aliphatic heterocycles. The highest BCUT2D eigenvalue weighted by molar-refractivity contribution is 7.80. The molecule has 0 unspecified atom stereocenters. The Kier molecular flexibility index (Phi) is 25.9. The SMILES string of the molecule is CC(C)C[C@H](NC(=O)CN)C(=O)NCC(=O)N[C@@H](CS)C(=O)N[C@@H](CC(N)=O)C(=O)N[C@@H](CO)C(=O)N[C@@H](Cc1ccccc1)C(=O)N[C@@H](CCCNC(=N)N)C(=O)N[C@@H](Cc1ccc(O)cc1)C(=O)O. The number of guanidine groups is 1. The van der Waals surface area contributed by atoms with Crippen LogP contribution in [0.1, 0.15) is 50.7 Å². The fraction of sp³-hybridized carbons (Fsp3) is 0.477. The highest BCUT2D eigenvalue weighted by Gasteiger charge is 2.34. The number of carbonyl (C=O) groups excluding carboxylic acids is 9. The van der Waals surface area contributed by atoms with Crippen LogP contribution in [0.4, 0.5) is 0 Å². The first-order chi connectivity index (χ1) is 33.6. The second-order valence-electron chi connectivity index (χ2n) is 16.5. The van der Waals surface area contributed by atoms with E-state index in [1.165, 1.54) is 24.3 Å². The van der Waals surface area contributed by atoms with Crippen LogP contribution < -0.4 is 65.1 Å². The summed E-state index contributed by atoms with van der Waals surface area (Å²) in [6, 6.07) is 3.27. The van der Waals surface area contributed by atoms with Gasteiger partial charge in [0.1, 0.15) is 48.0 Å². The molecule has 7 atom stereocenters. The normalized spacial score (nSPS) is 13.8. The van der Waals surface area contributed by atoms with Crippen LogP contribution in [0.2, 0.25) is 0 Å². The zero-order chi connectivity index (χ0) is 53.2. The number of primary amides is 1. The van der Waals surface area contributed by atoms with Crippen molar-refractivity contribution >= 4 is 77.7 Å². The molecule has 0 saturated heterocycles. The molecular formula is C44H65N13O13S. The fourth-order valence-electron chi connectivity index (χ4n) is 6.58. The minimum atomic E-state index is -1.84. The van der Waals surface area contributed by atoms with Gasteiger partial charge in [-0.3, -0.25) is 48.6 Å². The highest BCUT2D eigenvalue weighted by Crippen LogP contribution is 2.13. The number of aliphatic hydroxyl groups excluding tert-OH is 1. The molecule has 2 aromatic carbocycles. The van der Waals surface area contributed by atoms with Gasteiger partial charge >= 0.3 is 5.97 Å². The van der Waals surface area contributed by atoms with Crippen molar-refractivity contribution < 1.29 is 63.3 Å². The molecule has 2 rings (SSSR count). The van der Waals surface area contributed by atoms with E-state index in [1.54, 1.807) is 44.2 Å². The number of aromatic hydroxyl groups is 1. The molecule has 2 aromatic rings. The molecule has 0 aliphatic rings. The highest BCUT2D eigenvalue weighted by atomic mass is 32.1. The predicted molar refractivity (Wildman–Crippen MR) is 259 cm³/mol. The number of aliphatic hydroxyl groups is 1. The summed E-state index contributed by atoms with van der Waals surface area (Å²) < 4.78 is 0. The molecule has 0 fully saturated rings. The zero-order valence-electron chi connectivity index (χ0n) is 39.2. The molecule has 27 heteroatoms. The Bertz CT molecular complexity index is 2170. The topological polar surface area (TPSA) is 442 Å². The van der Waals surface area contributed by atoms with Crippen molar-refractivity contribution in [2.75, 3.05) is 32.0 Å². The third kappa shape index (κ3) is 22.6. The molecule has 0 bridgehead atoms. The van der Waals surface area contributed by atoms with Crippen LogP contribution in [0.5, 0.6) is 5.75 Å². The lowest BCUT2D eigenvalue weighted by Crippen LogP contribution is -2.61. The predicted octanol–water partition coefficient (Wildman–Crippen LogP) is -5.16. The summed E-state index contributed by atoms with van der Waals surface area (Å²) in [5, 5.41) is 58.9. The number of carboxylic acids is 1. The Labute approximate surface area is 414 Å². The van der Waals surface area contributed by atoms with Crippen molar-refractivity contribution in [3.8, 4) is 5.75 Å². The van der Waals surface area contributed by atoms with Crippen LogP contribution >= 0.6 is 12.6 Å². The third-order valence-electron chi connectivity index (χ3n) is 10.2. The second kappa shape index (κ2) is 30.9. The van der Waals surface area contributed by atoms with E-state index in [0.717, 1.165) is 0 Å². The number of phenolic OH excluding ortho intramolecular Hbond substituents is 1. The van der Waals surface area contributed by atoms with E-state index < -0.39 is 121 Å². The summed E-state index contributed by atoms with van der Waals surface area (Å²) in [7, 11) is 0. The number of carboxylic acid groups (broad SMARTS) is 1. The van der Waals surface area contributed by atoms with Crippen molar-refractivity contribution in [2.45, 2.75) is 94.7 Å². The first kappa shape index (κ1) is 59.6. The Morgan fingerprint density at radius 3 is 1.69 bits per heavy atom. The maximum atomic E-state index is 14.1. The molecule has 0 saturated carbocycles. The van der Waals surface area contributed by atoms with Gasteiger partial charge in [0, 0.05) is 25.1 Å². The van der Waals surface area contributed by atoms with Gasteiger partial charge in [0.2, 0.25) is 53.2 Å². The van der Waals surface area contributed by atoms with Gasteiger partial charge in [0.25, 0.3) is 0 Å². The van der Waals surface area contributed by atoms with E-state index >= 15 is 0 Å². The van der Waals surface area contributed by atoms with Crippen LogP contribution in [0.3, 0.4) is 0 Å². The number of benzene rings is 2. The number of rotatable bonds is 31. The quantitative estimate of drug-likeness (QED) is 0.0145. The van der Waals surface area contributed by atoms with Gasteiger partial charge in [-0.15, -0.1) is 0 Å². The number of amides is 9. The molecular weight excluding hydrogens is 951 g/mol. The van der Waals surface area contributed by atoms with Gasteiger partial charge in [0.15, 0.2) is 5.96 Å². The van der Waals surface area contributed by atoms with E-state index in [2.05, 4.69) is 60.5 Å².